The molecule has 0 atom stereocenters. The predicted octanol–water partition coefficient (Wildman–Crippen LogP) is 5.38. The zero-order chi connectivity index (χ0) is 20.5. The van der Waals surface area contributed by atoms with Crippen LogP contribution in [0.1, 0.15) is 25.1 Å². The van der Waals surface area contributed by atoms with Gasteiger partial charge in [0.05, 0.1) is 16.9 Å². The van der Waals surface area contributed by atoms with Crippen molar-refractivity contribution in [1.82, 2.24) is 14.7 Å². The van der Waals surface area contributed by atoms with Crippen molar-refractivity contribution in [3.8, 4) is 22.7 Å². The second-order valence-corrected chi connectivity index (χ2v) is 7.77. The van der Waals surface area contributed by atoms with E-state index in [9.17, 15) is 9.18 Å². The highest BCUT2D eigenvalue weighted by atomic mass is 79.9. The summed E-state index contributed by atoms with van der Waals surface area (Å²) in [5.74, 6) is 0.0364. The number of aryl methyl sites for hydroxylation is 2. The first-order valence-electron chi connectivity index (χ1n) is 9.65. The lowest BCUT2D eigenvalue weighted by Crippen LogP contribution is -2.33. The minimum absolute atomic E-state index is 0.331. The van der Waals surface area contributed by atoms with Gasteiger partial charge in [0.25, 0.3) is 0 Å². The van der Waals surface area contributed by atoms with Crippen molar-refractivity contribution < 1.29 is 13.9 Å². The lowest BCUT2D eigenvalue weighted by Gasteiger charge is -2.20. The minimum atomic E-state index is -0.426. The van der Waals surface area contributed by atoms with Crippen LogP contribution in [0.25, 0.3) is 16.8 Å². The summed E-state index contributed by atoms with van der Waals surface area (Å²) in [6, 6.07) is 12.1. The smallest absolute Gasteiger partial charge is 0.390 e. The van der Waals surface area contributed by atoms with E-state index in [0.717, 1.165) is 34.1 Å². The van der Waals surface area contributed by atoms with Gasteiger partial charge < -0.3 is 9.64 Å². The lowest BCUT2D eigenvalue weighted by molar-refractivity contribution is 0.154. The molecule has 0 saturated heterocycles. The molecule has 0 fully saturated rings. The summed E-state index contributed by atoms with van der Waals surface area (Å²) in [5.41, 5.74) is 4.51. The Morgan fingerprint density at radius 1 is 1.17 bits per heavy atom. The average Bonchev–Trinajstić information content (AvgIpc) is 3.08. The maximum absolute atomic E-state index is 13.4. The number of benzene rings is 2. The molecule has 1 aromatic heterocycles. The molecule has 0 unspecified atom stereocenters. The van der Waals surface area contributed by atoms with E-state index in [0.29, 0.717) is 24.7 Å². The highest BCUT2D eigenvalue weighted by Gasteiger charge is 2.29. The molecular weight excluding hydrogens is 437 g/mol. The summed E-state index contributed by atoms with van der Waals surface area (Å²) < 4.78 is 21.9. The molecule has 0 saturated carbocycles. The van der Waals surface area contributed by atoms with Crippen molar-refractivity contribution in [1.29, 1.82) is 0 Å². The Labute approximate surface area is 177 Å². The molecule has 150 valence electrons. The van der Waals surface area contributed by atoms with E-state index in [-0.39, 0.29) is 5.82 Å². The molecule has 1 aliphatic carbocycles. The Bertz CT molecular complexity index is 1060. The van der Waals surface area contributed by atoms with Crippen LogP contribution in [0.3, 0.4) is 0 Å². The zero-order valence-electron chi connectivity index (χ0n) is 16.3. The number of rotatable bonds is 4. The van der Waals surface area contributed by atoms with Gasteiger partial charge >= 0.3 is 6.09 Å². The van der Waals surface area contributed by atoms with Gasteiger partial charge in [0, 0.05) is 17.6 Å². The van der Waals surface area contributed by atoms with E-state index in [1.165, 1.54) is 17.7 Å². The minimum Gasteiger partial charge on any atom is -0.390 e. The van der Waals surface area contributed by atoms with Crippen LogP contribution in [0.2, 0.25) is 0 Å². The van der Waals surface area contributed by atoms with Gasteiger partial charge in [0.1, 0.15) is 5.82 Å². The molecule has 0 radical (unpaired) electrons. The molecule has 7 heteroatoms. The van der Waals surface area contributed by atoms with Crippen molar-refractivity contribution in [2.75, 3.05) is 13.1 Å². The van der Waals surface area contributed by atoms with Gasteiger partial charge in [0.2, 0.25) is 5.88 Å². The van der Waals surface area contributed by atoms with Crippen molar-refractivity contribution in [2.45, 2.75) is 26.7 Å². The summed E-state index contributed by atoms with van der Waals surface area (Å²) >= 11 is 3.53. The van der Waals surface area contributed by atoms with Gasteiger partial charge in [-0.15, -0.1) is 0 Å². The Morgan fingerprint density at radius 2 is 1.90 bits per heavy atom. The third-order valence-electron chi connectivity index (χ3n) is 5.16. The third kappa shape index (κ3) is 3.67. The van der Waals surface area contributed by atoms with E-state index in [1.54, 1.807) is 21.7 Å². The van der Waals surface area contributed by atoms with Crippen LogP contribution in [-0.4, -0.2) is 33.9 Å². The lowest BCUT2D eigenvalue weighted by atomic mass is 9.90. The van der Waals surface area contributed by atoms with Crippen LogP contribution in [-0.2, 0) is 12.8 Å². The third-order valence-corrected chi connectivity index (χ3v) is 5.65. The van der Waals surface area contributed by atoms with Crippen molar-refractivity contribution in [3.05, 3.63) is 64.0 Å². The van der Waals surface area contributed by atoms with Gasteiger partial charge in [-0.2, -0.15) is 9.78 Å². The largest absolute Gasteiger partial charge is 0.416 e. The van der Waals surface area contributed by atoms with E-state index in [2.05, 4.69) is 22.0 Å². The average molecular weight is 458 g/mol. The number of nitrogens with zero attached hydrogens (tertiary/aromatic N) is 3. The van der Waals surface area contributed by atoms with Crippen LogP contribution in [0.15, 0.2) is 46.9 Å². The summed E-state index contributed by atoms with van der Waals surface area (Å²) in [7, 11) is 0. The second-order valence-electron chi connectivity index (χ2n) is 6.86. The first-order valence-corrected chi connectivity index (χ1v) is 10.4. The van der Waals surface area contributed by atoms with Crippen molar-refractivity contribution in [2.24, 2.45) is 0 Å². The highest BCUT2D eigenvalue weighted by Crippen LogP contribution is 2.42. The Hall–Kier alpha value is -2.67. The fourth-order valence-corrected chi connectivity index (χ4v) is 4.05. The molecule has 2 aromatic carbocycles. The highest BCUT2D eigenvalue weighted by molar-refractivity contribution is 9.10. The monoisotopic (exact) mass is 457 g/mol. The van der Waals surface area contributed by atoms with Gasteiger partial charge in [-0.1, -0.05) is 22.0 Å². The van der Waals surface area contributed by atoms with E-state index in [1.807, 2.05) is 26.0 Å². The molecule has 0 aliphatic heterocycles. The number of aromatic nitrogens is 2. The molecule has 29 heavy (non-hydrogen) atoms. The fraction of sp³-hybridized carbons (Fsp3) is 0.273. The molecule has 0 N–H and O–H groups in total. The molecule has 5 nitrogen and oxygen atoms in total. The number of fused-ring (bicyclic) bond motifs is 3. The number of amides is 1. The Balaban J connectivity index is 1.88. The topological polar surface area (TPSA) is 47.4 Å². The maximum Gasteiger partial charge on any atom is 0.416 e. The molecule has 1 aliphatic rings. The fourth-order valence-electron chi connectivity index (χ4n) is 3.64. The molecule has 1 heterocycles. The summed E-state index contributed by atoms with van der Waals surface area (Å²) in [5, 5.41) is 4.72. The van der Waals surface area contributed by atoms with Crippen LogP contribution in [0.4, 0.5) is 9.18 Å². The predicted molar refractivity (Wildman–Crippen MR) is 113 cm³/mol. The Morgan fingerprint density at radius 3 is 2.59 bits per heavy atom. The summed E-state index contributed by atoms with van der Waals surface area (Å²) in [4.78, 5) is 14.4. The van der Waals surface area contributed by atoms with E-state index < -0.39 is 6.09 Å². The first kappa shape index (κ1) is 19.6. The van der Waals surface area contributed by atoms with Crippen molar-refractivity contribution in [3.63, 3.8) is 0 Å². The molecule has 0 spiro atoms. The van der Waals surface area contributed by atoms with Crippen molar-refractivity contribution >= 4 is 22.0 Å². The zero-order valence-corrected chi connectivity index (χ0v) is 17.9. The van der Waals surface area contributed by atoms with Crippen LogP contribution in [0.5, 0.6) is 5.88 Å². The molecular formula is C22H21BrFN3O2. The maximum atomic E-state index is 13.4. The first-order chi connectivity index (χ1) is 14.0. The van der Waals surface area contributed by atoms with Crippen LogP contribution < -0.4 is 4.74 Å². The second kappa shape index (κ2) is 7.99. The van der Waals surface area contributed by atoms with E-state index >= 15 is 0 Å². The standard InChI is InChI=1S/C22H21BrFN3O2/c1-3-26(4-2)22(28)29-21-20-18-11-6-15(23)13-14(18)5-12-19(20)25-27(21)17-9-7-16(24)8-10-17/h6-11,13H,3-5,12H2,1-2H3. The Kier molecular flexibility index (Phi) is 5.41. The SMILES string of the molecule is CCN(CC)C(=O)Oc1c2c(nn1-c1ccc(F)cc1)CCc1cc(Br)ccc1-2. The van der Waals surface area contributed by atoms with E-state index in [4.69, 9.17) is 9.84 Å². The van der Waals surface area contributed by atoms with Gasteiger partial charge in [-0.05, 0) is 74.2 Å². The number of hydrogen-bond donors (Lipinski definition) is 0. The van der Waals surface area contributed by atoms with Crippen LogP contribution >= 0.6 is 15.9 Å². The number of carbonyl (C=O) groups excluding carboxylic acids is 1. The van der Waals surface area contributed by atoms with Gasteiger partial charge in [0.15, 0.2) is 0 Å². The quantitative estimate of drug-likeness (QED) is 0.528. The molecule has 3 aromatic rings. The molecule has 1 amide bonds. The molecule has 0 bridgehead atoms. The van der Waals surface area contributed by atoms with Gasteiger partial charge in [-0.25, -0.2) is 9.18 Å². The number of halogens is 2. The normalized spacial score (nSPS) is 12.3. The number of ether oxygens (including phenoxy) is 1. The van der Waals surface area contributed by atoms with Gasteiger partial charge in [-0.3, -0.25) is 0 Å². The summed E-state index contributed by atoms with van der Waals surface area (Å²) in [6.07, 6.45) is 1.17. The van der Waals surface area contributed by atoms with Crippen LogP contribution in [0, 0.1) is 5.82 Å². The molecule has 4 rings (SSSR count). The summed E-state index contributed by atoms with van der Waals surface area (Å²) in [6.45, 7) is 4.91. The number of hydrogen-bond acceptors (Lipinski definition) is 3. The number of carbonyl (C=O) groups is 1.